The van der Waals surface area contributed by atoms with Crippen LogP contribution in [0.15, 0.2) is 0 Å². The molecule has 0 amide bonds. The molecule has 1 heterocycles. The van der Waals surface area contributed by atoms with Crippen molar-refractivity contribution in [2.45, 2.75) is 31.8 Å². The van der Waals surface area contributed by atoms with Crippen LogP contribution >= 0.6 is 15.9 Å². The monoisotopic (exact) mass is 236 g/mol. The summed E-state index contributed by atoms with van der Waals surface area (Å²) in [5, 5.41) is 1.03. The molecule has 0 bridgehead atoms. The van der Waals surface area contributed by atoms with Gasteiger partial charge in [-0.15, -0.1) is 0 Å². The maximum atomic E-state index is 5.52. The van der Waals surface area contributed by atoms with Gasteiger partial charge in [0, 0.05) is 18.5 Å². The zero-order valence-corrected chi connectivity index (χ0v) is 9.01. The van der Waals surface area contributed by atoms with Gasteiger partial charge >= 0.3 is 0 Å². The lowest BCUT2D eigenvalue weighted by Crippen LogP contribution is -2.24. The summed E-state index contributed by atoms with van der Waals surface area (Å²) in [7, 11) is 0. The molecule has 1 rings (SSSR count). The van der Waals surface area contributed by atoms with Gasteiger partial charge in [-0.1, -0.05) is 15.9 Å². The van der Waals surface area contributed by atoms with Gasteiger partial charge in [0.05, 0.1) is 12.7 Å². The fourth-order valence-electron chi connectivity index (χ4n) is 1.31. The quantitative estimate of drug-likeness (QED) is 0.539. The molecule has 72 valence electrons. The zero-order chi connectivity index (χ0) is 8.65. The van der Waals surface area contributed by atoms with Gasteiger partial charge < -0.3 is 9.47 Å². The van der Waals surface area contributed by atoms with Crippen LogP contribution in [0.25, 0.3) is 0 Å². The molecule has 0 saturated carbocycles. The average molecular weight is 237 g/mol. The highest BCUT2D eigenvalue weighted by Gasteiger charge is 2.12. The highest BCUT2D eigenvalue weighted by molar-refractivity contribution is 9.09. The Morgan fingerprint density at radius 2 is 2.33 bits per heavy atom. The predicted molar refractivity (Wildman–Crippen MR) is 52.8 cm³/mol. The van der Waals surface area contributed by atoms with Gasteiger partial charge in [0.15, 0.2) is 0 Å². The van der Waals surface area contributed by atoms with Crippen molar-refractivity contribution in [3.8, 4) is 0 Å². The second-order valence-electron chi connectivity index (χ2n) is 3.11. The van der Waals surface area contributed by atoms with E-state index < -0.39 is 0 Å². The number of hydrogen-bond donors (Lipinski definition) is 0. The van der Waals surface area contributed by atoms with Gasteiger partial charge in [0.1, 0.15) is 0 Å². The van der Waals surface area contributed by atoms with Crippen molar-refractivity contribution < 1.29 is 9.47 Å². The van der Waals surface area contributed by atoms with E-state index in [1.54, 1.807) is 0 Å². The van der Waals surface area contributed by atoms with E-state index in [4.69, 9.17) is 9.47 Å². The smallest absolute Gasteiger partial charge is 0.0808 e. The van der Waals surface area contributed by atoms with Crippen molar-refractivity contribution in [2.24, 2.45) is 0 Å². The summed E-state index contributed by atoms with van der Waals surface area (Å²) in [4.78, 5) is 0. The molecule has 0 aliphatic carbocycles. The highest BCUT2D eigenvalue weighted by atomic mass is 79.9. The molecule has 0 aromatic rings. The van der Waals surface area contributed by atoms with E-state index in [0.717, 1.165) is 31.6 Å². The molecule has 0 N–H and O–H groups in total. The largest absolute Gasteiger partial charge is 0.379 e. The van der Waals surface area contributed by atoms with Crippen molar-refractivity contribution >= 4 is 15.9 Å². The van der Waals surface area contributed by atoms with Crippen LogP contribution in [0.2, 0.25) is 0 Å². The first-order chi connectivity index (χ1) is 5.93. The van der Waals surface area contributed by atoms with Crippen molar-refractivity contribution in [1.82, 2.24) is 0 Å². The predicted octanol–water partition coefficient (Wildman–Crippen LogP) is 2.36. The van der Waals surface area contributed by atoms with Gasteiger partial charge in [-0.3, -0.25) is 0 Å². The summed E-state index contributed by atoms with van der Waals surface area (Å²) in [6.45, 7) is 2.56. The zero-order valence-electron chi connectivity index (χ0n) is 7.43. The number of hydrogen-bond acceptors (Lipinski definition) is 2. The fourth-order valence-corrected chi connectivity index (χ4v) is 1.54. The Hall–Kier alpha value is 0.400. The van der Waals surface area contributed by atoms with Crippen molar-refractivity contribution in [3.63, 3.8) is 0 Å². The Bertz CT molecular complexity index is 103. The third-order valence-corrected chi connectivity index (χ3v) is 2.56. The lowest BCUT2D eigenvalue weighted by Gasteiger charge is -2.22. The molecule has 1 saturated heterocycles. The SMILES string of the molecule is BrCCCOC[C@H]1CCCCO1. The molecule has 0 aromatic heterocycles. The van der Waals surface area contributed by atoms with E-state index in [-0.39, 0.29) is 0 Å². The molecule has 0 spiro atoms. The molecule has 2 nitrogen and oxygen atoms in total. The van der Waals surface area contributed by atoms with E-state index in [0.29, 0.717) is 6.10 Å². The molecular weight excluding hydrogens is 220 g/mol. The summed E-state index contributed by atoms with van der Waals surface area (Å²) < 4.78 is 11.0. The minimum atomic E-state index is 0.370. The third-order valence-electron chi connectivity index (χ3n) is 2.00. The first-order valence-corrected chi connectivity index (χ1v) is 5.81. The summed E-state index contributed by atoms with van der Waals surface area (Å²) in [5.74, 6) is 0. The number of ether oxygens (including phenoxy) is 2. The van der Waals surface area contributed by atoms with Crippen LogP contribution in [0.5, 0.6) is 0 Å². The second-order valence-corrected chi connectivity index (χ2v) is 3.90. The average Bonchev–Trinajstić information content (AvgIpc) is 2.14. The van der Waals surface area contributed by atoms with Gasteiger partial charge in [-0.05, 0) is 25.7 Å². The molecule has 1 atom stereocenters. The topological polar surface area (TPSA) is 18.5 Å². The third kappa shape index (κ3) is 4.43. The molecule has 1 fully saturated rings. The van der Waals surface area contributed by atoms with Crippen LogP contribution in [-0.2, 0) is 9.47 Å². The summed E-state index contributed by atoms with van der Waals surface area (Å²) in [6.07, 6.45) is 5.15. The molecule has 0 unspecified atom stereocenters. The summed E-state index contributed by atoms with van der Waals surface area (Å²) in [5.41, 5.74) is 0. The molecule has 3 heteroatoms. The maximum Gasteiger partial charge on any atom is 0.0808 e. The summed E-state index contributed by atoms with van der Waals surface area (Å²) in [6, 6.07) is 0. The van der Waals surface area contributed by atoms with Crippen LogP contribution in [0.1, 0.15) is 25.7 Å². The van der Waals surface area contributed by atoms with Crippen LogP contribution in [0, 0.1) is 0 Å². The number of alkyl halides is 1. The first kappa shape index (κ1) is 10.5. The van der Waals surface area contributed by atoms with Crippen LogP contribution in [0.3, 0.4) is 0 Å². The van der Waals surface area contributed by atoms with Gasteiger partial charge in [0.25, 0.3) is 0 Å². The highest BCUT2D eigenvalue weighted by Crippen LogP contribution is 2.12. The van der Waals surface area contributed by atoms with E-state index in [2.05, 4.69) is 15.9 Å². The van der Waals surface area contributed by atoms with Crippen molar-refractivity contribution in [2.75, 3.05) is 25.2 Å². The normalized spacial score (nSPS) is 24.2. The molecule has 1 aliphatic heterocycles. The van der Waals surface area contributed by atoms with Crippen LogP contribution < -0.4 is 0 Å². The lowest BCUT2D eigenvalue weighted by molar-refractivity contribution is -0.0402. The molecule has 0 aromatic carbocycles. The van der Waals surface area contributed by atoms with Crippen LogP contribution in [0.4, 0.5) is 0 Å². The Balaban J connectivity index is 1.91. The van der Waals surface area contributed by atoms with Gasteiger partial charge in [0.2, 0.25) is 0 Å². The molecule has 12 heavy (non-hydrogen) atoms. The molecular formula is C9H17BrO2. The fraction of sp³-hybridized carbons (Fsp3) is 1.00. The Morgan fingerprint density at radius 1 is 1.42 bits per heavy atom. The van der Waals surface area contributed by atoms with Crippen LogP contribution in [-0.4, -0.2) is 31.3 Å². The standard InChI is InChI=1S/C9H17BrO2/c10-5-3-6-11-8-9-4-1-2-7-12-9/h9H,1-8H2/t9-/m1/s1. The Morgan fingerprint density at radius 3 is 3.00 bits per heavy atom. The van der Waals surface area contributed by atoms with E-state index in [1.807, 2.05) is 0 Å². The maximum absolute atomic E-state index is 5.52. The number of halogens is 1. The Labute approximate surface area is 82.7 Å². The summed E-state index contributed by atoms with van der Waals surface area (Å²) >= 11 is 3.36. The number of rotatable bonds is 5. The lowest BCUT2D eigenvalue weighted by atomic mass is 10.1. The van der Waals surface area contributed by atoms with E-state index >= 15 is 0 Å². The van der Waals surface area contributed by atoms with Gasteiger partial charge in [-0.2, -0.15) is 0 Å². The molecule has 0 radical (unpaired) electrons. The van der Waals surface area contributed by atoms with Gasteiger partial charge in [-0.25, -0.2) is 0 Å². The van der Waals surface area contributed by atoms with Crippen molar-refractivity contribution in [1.29, 1.82) is 0 Å². The van der Waals surface area contributed by atoms with Crippen molar-refractivity contribution in [3.05, 3.63) is 0 Å². The minimum Gasteiger partial charge on any atom is -0.379 e. The Kier molecular flexibility index (Phi) is 6.00. The second kappa shape index (κ2) is 6.87. The first-order valence-electron chi connectivity index (χ1n) is 4.69. The van der Waals surface area contributed by atoms with E-state index in [1.165, 1.54) is 19.3 Å². The van der Waals surface area contributed by atoms with E-state index in [9.17, 15) is 0 Å². The minimum absolute atomic E-state index is 0.370. The molecule has 1 aliphatic rings.